The summed E-state index contributed by atoms with van der Waals surface area (Å²) in [5, 5.41) is 14.7. The fourth-order valence-electron chi connectivity index (χ4n) is 3.26. The Labute approximate surface area is 174 Å². The Morgan fingerprint density at radius 1 is 1.21 bits per heavy atom. The Hall–Kier alpha value is -2.12. The third kappa shape index (κ3) is 4.31. The van der Waals surface area contributed by atoms with Crippen LogP contribution in [-0.2, 0) is 17.8 Å². The van der Waals surface area contributed by atoms with Crippen molar-refractivity contribution in [3.63, 3.8) is 0 Å². The number of benzene rings is 1. The second-order valence-electron chi connectivity index (χ2n) is 6.74. The molecule has 0 fully saturated rings. The maximum absolute atomic E-state index is 12.4. The minimum atomic E-state index is -0.0372. The number of thiophene rings is 1. The average Bonchev–Trinajstić information content (AvgIpc) is 3.24. The molecule has 0 spiro atoms. The lowest BCUT2D eigenvalue weighted by atomic mass is 10.1. The molecular weight excluding hydrogens is 388 g/mol. The number of hydrogen-bond donors (Lipinski definition) is 1. The van der Waals surface area contributed by atoms with Crippen molar-refractivity contribution in [2.75, 3.05) is 11.1 Å². The molecule has 0 aliphatic carbocycles. The van der Waals surface area contributed by atoms with Gasteiger partial charge in [0, 0.05) is 28.1 Å². The third-order valence-electron chi connectivity index (χ3n) is 4.72. The molecule has 0 saturated carbocycles. The zero-order valence-electron chi connectivity index (χ0n) is 17.0. The highest BCUT2D eigenvalue weighted by Crippen LogP contribution is 2.32. The minimum absolute atomic E-state index is 0.0372. The average molecular weight is 415 g/mol. The van der Waals surface area contributed by atoms with Crippen LogP contribution in [0.4, 0.5) is 5.69 Å². The lowest BCUT2D eigenvalue weighted by Gasteiger charge is -2.10. The SMILES string of the molecule is CCc1c(-c2nnc(SCC(=O)Nc3ccc(C)cc3C)n2CC)csc1C. The van der Waals surface area contributed by atoms with Gasteiger partial charge >= 0.3 is 0 Å². The molecule has 3 aromatic rings. The first kappa shape index (κ1) is 20.6. The fourth-order valence-corrected chi connectivity index (χ4v) is 5.00. The first-order chi connectivity index (χ1) is 13.4. The molecule has 7 heteroatoms. The van der Waals surface area contributed by atoms with E-state index in [1.165, 1.54) is 27.8 Å². The lowest BCUT2D eigenvalue weighted by molar-refractivity contribution is -0.113. The molecule has 1 N–H and O–H groups in total. The molecular formula is C21H26N4OS2. The summed E-state index contributed by atoms with van der Waals surface area (Å²) < 4.78 is 2.09. The molecule has 1 aromatic carbocycles. The standard InChI is InChI=1S/C21H26N4OS2/c1-6-16-15(5)27-11-17(16)20-23-24-21(25(20)7-2)28-12-19(26)22-18-9-8-13(3)10-14(18)4/h8-11H,6-7,12H2,1-5H3,(H,22,26). The van der Waals surface area contributed by atoms with Crippen LogP contribution >= 0.6 is 23.1 Å². The summed E-state index contributed by atoms with van der Waals surface area (Å²) in [6.45, 7) is 11.2. The molecule has 0 atom stereocenters. The first-order valence-electron chi connectivity index (χ1n) is 9.45. The van der Waals surface area contributed by atoms with Crippen LogP contribution in [0.25, 0.3) is 11.4 Å². The van der Waals surface area contributed by atoms with Gasteiger partial charge in [-0.2, -0.15) is 0 Å². The number of rotatable bonds is 7. The smallest absolute Gasteiger partial charge is 0.234 e. The summed E-state index contributed by atoms with van der Waals surface area (Å²) in [6, 6.07) is 6.02. The molecule has 148 valence electrons. The highest BCUT2D eigenvalue weighted by molar-refractivity contribution is 7.99. The van der Waals surface area contributed by atoms with E-state index < -0.39 is 0 Å². The van der Waals surface area contributed by atoms with E-state index in [4.69, 9.17) is 0 Å². The van der Waals surface area contributed by atoms with Crippen molar-refractivity contribution in [1.82, 2.24) is 14.8 Å². The Morgan fingerprint density at radius 3 is 2.68 bits per heavy atom. The molecule has 2 heterocycles. The molecule has 0 radical (unpaired) electrons. The van der Waals surface area contributed by atoms with Crippen LogP contribution in [0.3, 0.4) is 0 Å². The van der Waals surface area contributed by atoms with Gasteiger partial charge in [0.15, 0.2) is 11.0 Å². The Bertz CT molecular complexity index is 990. The van der Waals surface area contributed by atoms with Crippen molar-refractivity contribution in [1.29, 1.82) is 0 Å². The van der Waals surface area contributed by atoms with E-state index in [2.05, 4.69) is 52.3 Å². The van der Waals surface area contributed by atoms with Crippen LogP contribution in [-0.4, -0.2) is 26.4 Å². The highest BCUT2D eigenvalue weighted by Gasteiger charge is 2.18. The number of amides is 1. The number of thioether (sulfide) groups is 1. The summed E-state index contributed by atoms with van der Waals surface area (Å²) in [5.41, 5.74) is 5.60. The second-order valence-corrected chi connectivity index (χ2v) is 8.77. The Balaban J connectivity index is 1.73. The van der Waals surface area contributed by atoms with Crippen LogP contribution < -0.4 is 5.32 Å². The van der Waals surface area contributed by atoms with Crippen molar-refractivity contribution in [2.45, 2.75) is 52.7 Å². The predicted molar refractivity (Wildman–Crippen MR) is 118 cm³/mol. The van der Waals surface area contributed by atoms with E-state index in [9.17, 15) is 4.79 Å². The molecule has 0 saturated heterocycles. The van der Waals surface area contributed by atoms with Crippen LogP contribution in [0.15, 0.2) is 28.7 Å². The molecule has 2 aromatic heterocycles. The molecule has 0 unspecified atom stereocenters. The molecule has 0 aliphatic heterocycles. The number of anilines is 1. The van der Waals surface area contributed by atoms with Crippen LogP contribution in [0.2, 0.25) is 0 Å². The zero-order valence-corrected chi connectivity index (χ0v) is 18.6. The molecule has 28 heavy (non-hydrogen) atoms. The van der Waals surface area contributed by atoms with Gasteiger partial charge in [0.2, 0.25) is 5.91 Å². The van der Waals surface area contributed by atoms with Gasteiger partial charge in [0.1, 0.15) is 0 Å². The van der Waals surface area contributed by atoms with Crippen molar-refractivity contribution in [3.05, 3.63) is 45.1 Å². The maximum atomic E-state index is 12.4. The molecule has 3 rings (SSSR count). The van der Waals surface area contributed by atoms with Gasteiger partial charge < -0.3 is 9.88 Å². The van der Waals surface area contributed by atoms with Gasteiger partial charge in [-0.05, 0) is 51.3 Å². The predicted octanol–water partition coefficient (Wildman–Crippen LogP) is 5.24. The van der Waals surface area contributed by atoms with Gasteiger partial charge in [0.05, 0.1) is 5.75 Å². The molecule has 0 aliphatic rings. The number of nitrogens with one attached hydrogen (secondary N) is 1. The Morgan fingerprint density at radius 2 is 2.00 bits per heavy atom. The number of carbonyl (C=O) groups is 1. The minimum Gasteiger partial charge on any atom is -0.325 e. The first-order valence-corrected chi connectivity index (χ1v) is 11.3. The quantitative estimate of drug-likeness (QED) is 0.537. The van der Waals surface area contributed by atoms with Gasteiger partial charge in [-0.15, -0.1) is 21.5 Å². The highest BCUT2D eigenvalue weighted by atomic mass is 32.2. The summed E-state index contributed by atoms with van der Waals surface area (Å²) in [5.74, 6) is 1.15. The molecule has 5 nitrogen and oxygen atoms in total. The number of nitrogens with zero attached hydrogens (tertiary/aromatic N) is 3. The van der Waals surface area contributed by atoms with Crippen molar-refractivity contribution in [2.24, 2.45) is 0 Å². The largest absolute Gasteiger partial charge is 0.325 e. The number of aryl methyl sites for hydroxylation is 3. The number of carbonyl (C=O) groups excluding carboxylic acids is 1. The molecule has 0 bridgehead atoms. The topological polar surface area (TPSA) is 59.8 Å². The normalized spacial score (nSPS) is 11.0. The van der Waals surface area contributed by atoms with E-state index >= 15 is 0 Å². The summed E-state index contributed by atoms with van der Waals surface area (Å²) in [4.78, 5) is 13.7. The van der Waals surface area contributed by atoms with E-state index in [0.717, 1.165) is 40.8 Å². The summed E-state index contributed by atoms with van der Waals surface area (Å²) >= 11 is 3.17. The van der Waals surface area contributed by atoms with Crippen molar-refractivity contribution in [3.8, 4) is 11.4 Å². The van der Waals surface area contributed by atoms with Gasteiger partial charge in [-0.25, -0.2) is 0 Å². The monoisotopic (exact) mass is 414 g/mol. The van der Waals surface area contributed by atoms with Gasteiger partial charge in [-0.1, -0.05) is 36.4 Å². The van der Waals surface area contributed by atoms with Crippen LogP contribution in [0.5, 0.6) is 0 Å². The second kappa shape index (κ2) is 8.92. The van der Waals surface area contributed by atoms with E-state index in [0.29, 0.717) is 5.75 Å². The summed E-state index contributed by atoms with van der Waals surface area (Å²) in [7, 11) is 0. The summed E-state index contributed by atoms with van der Waals surface area (Å²) in [6.07, 6.45) is 0.974. The number of hydrogen-bond acceptors (Lipinski definition) is 5. The zero-order chi connectivity index (χ0) is 20.3. The molecule has 1 amide bonds. The van der Waals surface area contributed by atoms with E-state index in [-0.39, 0.29) is 5.91 Å². The van der Waals surface area contributed by atoms with Crippen molar-refractivity contribution >= 4 is 34.7 Å². The lowest BCUT2D eigenvalue weighted by Crippen LogP contribution is -2.15. The van der Waals surface area contributed by atoms with Crippen molar-refractivity contribution < 1.29 is 4.79 Å². The van der Waals surface area contributed by atoms with Crippen LogP contribution in [0, 0.1) is 20.8 Å². The van der Waals surface area contributed by atoms with E-state index in [1.807, 2.05) is 26.0 Å². The van der Waals surface area contributed by atoms with Crippen LogP contribution in [0.1, 0.15) is 35.4 Å². The Kier molecular flexibility index (Phi) is 6.57. The maximum Gasteiger partial charge on any atom is 0.234 e. The van der Waals surface area contributed by atoms with Gasteiger partial charge in [-0.3, -0.25) is 4.79 Å². The van der Waals surface area contributed by atoms with E-state index in [1.54, 1.807) is 11.3 Å². The fraction of sp³-hybridized carbons (Fsp3) is 0.381. The third-order valence-corrected chi connectivity index (χ3v) is 6.64. The number of aromatic nitrogens is 3. The van der Waals surface area contributed by atoms with Gasteiger partial charge in [0.25, 0.3) is 0 Å².